The van der Waals surface area contributed by atoms with Gasteiger partial charge >= 0.3 is 24.7 Å². The zero-order valence-corrected chi connectivity index (χ0v) is 28.7. The van der Waals surface area contributed by atoms with E-state index in [9.17, 15) is 48.7 Å². The van der Waals surface area contributed by atoms with Crippen LogP contribution >= 0.6 is 0 Å². The third-order valence-corrected chi connectivity index (χ3v) is 8.15. The largest absolute Gasteiger partial charge is 0.514 e. The van der Waals surface area contributed by atoms with Crippen molar-refractivity contribution in [2.24, 2.45) is 0 Å². The van der Waals surface area contributed by atoms with Gasteiger partial charge in [0.05, 0.1) is 30.9 Å². The van der Waals surface area contributed by atoms with Gasteiger partial charge in [-0.05, 0) is 95.8 Å². The fraction of sp³-hybridized carbons (Fsp3) is 0.324. The van der Waals surface area contributed by atoms with Crippen molar-refractivity contribution in [1.29, 1.82) is 0 Å². The second kappa shape index (κ2) is 15.9. The maximum Gasteiger partial charge on any atom is 0.514 e. The Balaban J connectivity index is 1.80. The quantitative estimate of drug-likeness (QED) is 0.0933. The molecular weight excluding hydrogens is 728 g/mol. The molecule has 0 aliphatic rings. The molecule has 0 aliphatic carbocycles. The fourth-order valence-electron chi connectivity index (χ4n) is 5.42. The van der Waals surface area contributed by atoms with Gasteiger partial charge in [0.2, 0.25) is 0 Å². The molecule has 0 aromatic heterocycles. The number of benzene rings is 4. The van der Waals surface area contributed by atoms with Gasteiger partial charge in [-0.25, -0.2) is 9.18 Å². The summed E-state index contributed by atoms with van der Waals surface area (Å²) in [4.78, 5) is 13.0. The first-order chi connectivity index (χ1) is 24.6. The van der Waals surface area contributed by atoms with E-state index in [0.717, 1.165) is 24.3 Å². The van der Waals surface area contributed by atoms with Gasteiger partial charge in [-0.2, -0.15) is 39.5 Å². The number of ether oxygens (including phenoxy) is 4. The summed E-state index contributed by atoms with van der Waals surface area (Å²) in [7, 11) is 2.60. The van der Waals surface area contributed by atoms with Gasteiger partial charge in [-0.15, -0.1) is 0 Å². The predicted octanol–water partition coefficient (Wildman–Crippen LogP) is 11.1. The van der Waals surface area contributed by atoms with Gasteiger partial charge in [0.25, 0.3) is 0 Å². The maximum atomic E-state index is 14.8. The van der Waals surface area contributed by atoms with E-state index in [1.165, 1.54) is 51.5 Å². The first-order valence-corrected chi connectivity index (χ1v) is 15.8. The molecule has 0 spiro atoms. The normalized spacial score (nSPS) is 13.4. The van der Waals surface area contributed by atoms with Crippen molar-refractivity contribution in [1.82, 2.24) is 5.32 Å². The van der Waals surface area contributed by atoms with Crippen LogP contribution in [0.5, 0.6) is 17.2 Å². The molecule has 0 heterocycles. The number of halogens is 10. The molecule has 6 nitrogen and oxygen atoms in total. The predicted molar refractivity (Wildman–Crippen MR) is 173 cm³/mol. The van der Waals surface area contributed by atoms with E-state index in [0.29, 0.717) is 17.9 Å². The van der Waals surface area contributed by atoms with Crippen LogP contribution in [-0.4, -0.2) is 26.4 Å². The number of methoxy groups -OCH3 is 2. The van der Waals surface area contributed by atoms with Gasteiger partial charge in [0.1, 0.15) is 29.2 Å². The Kier molecular flexibility index (Phi) is 12.3. The highest BCUT2D eigenvalue weighted by molar-refractivity contribution is 5.75. The van der Waals surface area contributed by atoms with Crippen LogP contribution < -0.4 is 19.5 Å². The Bertz CT molecular complexity index is 1870. The van der Waals surface area contributed by atoms with Gasteiger partial charge in [-0.3, -0.25) is 0 Å². The van der Waals surface area contributed by atoms with E-state index in [-0.39, 0.29) is 45.7 Å². The molecule has 0 bridgehead atoms. The molecule has 4 rings (SSSR count). The summed E-state index contributed by atoms with van der Waals surface area (Å²) < 4.78 is 160. The number of carbonyl (C=O) groups excluding carboxylic acids is 1. The zero-order chi connectivity index (χ0) is 39.5. The number of alkyl halides is 9. The monoisotopic (exact) mass is 761 g/mol. The van der Waals surface area contributed by atoms with Crippen molar-refractivity contribution < 1.29 is 67.6 Å². The number of nitrogens with one attached hydrogen (secondary N) is 1. The minimum atomic E-state index is -5.25. The highest BCUT2D eigenvalue weighted by Gasteiger charge is 2.39. The molecule has 0 unspecified atom stereocenters. The van der Waals surface area contributed by atoms with Gasteiger partial charge in [0.15, 0.2) is 0 Å². The first kappa shape index (κ1) is 40.8. The summed E-state index contributed by atoms with van der Waals surface area (Å²) in [5.41, 5.74) is -4.71. The van der Waals surface area contributed by atoms with E-state index in [1.807, 2.05) is 0 Å². The standard InChI is InChI=1S/C37H33F10NO5/c1-19(2)29-16-30(32(51-5)17-31(29)38)28-11-6-23(35(39,40)41)14-22(28)18-48-20(3)33(53-34(49)52-27-9-7-26(50-4)8-10-27)21-12-24(36(42,43)44)15-25(13-21)37(45,46)47/h6-17,19-20,33,48H,18H2,1-5H3/t20-,33-/m0/s1. The molecule has 53 heavy (non-hydrogen) atoms. The van der Waals surface area contributed by atoms with Crippen LogP contribution in [0.15, 0.2) is 72.8 Å². The number of hydrogen-bond acceptors (Lipinski definition) is 6. The Labute approximate surface area is 297 Å². The lowest BCUT2D eigenvalue weighted by Crippen LogP contribution is -2.35. The summed E-state index contributed by atoms with van der Waals surface area (Å²) >= 11 is 0. The van der Waals surface area contributed by atoms with E-state index in [2.05, 4.69) is 5.32 Å². The molecule has 4 aromatic carbocycles. The minimum Gasteiger partial charge on any atom is -0.497 e. The highest BCUT2D eigenvalue weighted by atomic mass is 19.4. The lowest BCUT2D eigenvalue weighted by molar-refractivity contribution is -0.143. The SMILES string of the molecule is COc1ccc(OC(=O)O[C@H](c2cc(C(F)(F)F)cc(C(F)(F)F)c2)[C@H](C)NCc2cc(C(F)(F)F)ccc2-c2cc(C(C)C)c(F)cc2OC)cc1. The van der Waals surface area contributed by atoms with Crippen molar-refractivity contribution in [3.63, 3.8) is 0 Å². The average Bonchev–Trinajstić information content (AvgIpc) is 3.08. The molecule has 0 aliphatic heterocycles. The van der Waals surface area contributed by atoms with E-state index < -0.39 is 71.4 Å². The number of hydrogen-bond donors (Lipinski definition) is 1. The van der Waals surface area contributed by atoms with Crippen LogP contribution in [0.3, 0.4) is 0 Å². The summed E-state index contributed by atoms with van der Waals surface area (Å²) in [5.74, 6) is -0.732. The molecule has 16 heteroatoms. The molecule has 0 radical (unpaired) electrons. The van der Waals surface area contributed by atoms with Crippen molar-refractivity contribution in [3.8, 4) is 28.4 Å². The molecule has 0 fully saturated rings. The zero-order valence-electron chi connectivity index (χ0n) is 28.7. The lowest BCUT2D eigenvalue weighted by atomic mass is 9.92. The summed E-state index contributed by atoms with van der Waals surface area (Å²) in [6.45, 7) is 4.13. The lowest BCUT2D eigenvalue weighted by Gasteiger charge is -2.27. The smallest absolute Gasteiger partial charge is 0.497 e. The van der Waals surface area contributed by atoms with Crippen molar-refractivity contribution in [2.75, 3.05) is 14.2 Å². The molecular formula is C37H33F10NO5. The number of rotatable bonds is 11. The molecule has 0 amide bonds. The van der Waals surface area contributed by atoms with Gasteiger partial charge < -0.3 is 24.3 Å². The Morgan fingerprint density at radius 2 is 1.25 bits per heavy atom. The van der Waals surface area contributed by atoms with Crippen molar-refractivity contribution >= 4 is 6.16 Å². The third-order valence-electron chi connectivity index (χ3n) is 8.15. The molecule has 0 saturated heterocycles. The Hall–Kier alpha value is -4.99. The van der Waals surface area contributed by atoms with E-state index in [1.54, 1.807) is 13.8 Å². The van der Waals surface area contributed by atoms with Crippen LogP contribution in [0.2, 0.25) is 0 Å². The van der Waals surface area contributed by atoms with Crippen molar-refractivity contribution in [2.45, 2.75) is 63.9 Å². The topological polar surface area (TPSA) is 66.0 Å². The van der Waals surface area contributed by atoms with Gasteiger partial charge in [-0.1, -0.05) is 19.9 Å². The number of carbonyl (C=O) groups is 1. The third kappa shape index (κ3) is 10.1. The van der Waals surface area contributed by atoms with Crippen LogP contribution in [0, 0.1) is 5.82 Å². The van der Waals surface area contributed by atoms with Crippen LogP contribution in [0.4, 0.5) is 48.7 Å². The van der Waals surface area contributed by atoms with E-state index >= 15 is 0 Å². The highest BCUT2D eigenvalue weighted by Crippen LogP contribution is 2.41. The second-order valence-corrected chi connectivity index (χ2v) is 12.2. The molecule has 1 N–H and O–H groups in total. The van der Waals surface area contributed by atoms with Crippen LogP contribution in [0.1, 0.15) is 66.2 Å². The minimum absolute atomic E-state index is 0.0212. The summed E-state index contributed by atoms with van der Waals surface area (Å²) in [6, 6.07) is 9.83. The molecule has 4 aromatic rings. The van der Waals surface area contributed by atoms with Gasteiger partial charge in [0, 0.05) is 24.2 Å². The Morgan fingerprint density at radius 1 is 0.679 bits per heavy atom. The molecule has 2 atom stereocenters. The maximum absolute atomic E-state index is 14.8. The summed E-state index contributed by atoms with van der Waals surface area (Å²) in [6.07, 6.45) is -18.8. The molecule has 286 valence electrons. The van der Waals surface area contributed by atoms with Crippen molar-refractivity contribution in [3.05, 3.63) is 112 Å². The fourth-order valence-corrected chi connectivity index (χ4v) is 5.42. The van der Waals surface area contributed by atoms with Crippen LogP contribution in [0.25, 0.3) is 11.1 Å². The first-order valence-electron chi connectivity index (χ1n) is 15.8. The second-order valence-electron chi connectivity index (χ2n) is 12.2. The summed E-state index contributed by atoms with van der Waals surface area (Å²) in [5, 5.41) is 2.78. The molecule has 0 saturated carbocycles. The van der Waals surface area contributed by atoms with E-state index in [4.69, 9.17) is 18.9 Å². The average molecular weight is 762 g/mol. The van der Waals surface area contributed by atoms with Crippen LogP contribution in [-0.2, 0) is 29.8 Å². The Morgan fingerprint density at radius 3 is 1.75 bits per heavy atom.